The highest BCUT2D eigenvalue weighted by molar-refractivity contribution is 7.91. The molecule has 0 bridgehead atoms. The summed E-state index contributed by atoms with van der Waals surface area (Å²) >= 11 is 6.21. The van der Waals surface area contributed by atoms with Gasteiger partial charge in [-0.05, 0) is 37.6 Å². The van der Waals surface area contributed by atoms with Gasteiger partial charge < -0.3 is 9.73 Å². The minimum Gasteiger partial charge on any atom is -0.419 e. The highest BCUT2D eigenvalue weighted by Gasteiger charge is 2.29. The molecule has 1 heterocycles. The molecule has 3 aromatic rings. The minimum atomic E-state index is -3.83. The summed E-state index contributed by atoms with van der Waals surface area (Å²) in [6.07, 6.45) is 0.799. The number of aromatic nitrogens is 1. The molecule has 2 aromatic carbocycles. The van der Waals surface area contributed by atoms with Crippen LogP contribution in [0.1, 0.15) is 20.3 Å². The van der Waals surface area contributed by atoms with E-state index in [2.05, 4.69) is 10.3 Å². The summed E-state index contributed by atoms with van der Waals surface area (Å²) in [5, 5.41) is 3.39. The summed E-state index contributed by atoms with van der Waals surface area (Å²) in [6.45, 7) is 3.94. The largest absolute Gasteiger partial charge is 0.419 e. The molecule has 0 aliphatic carbocycles. The van der Waals surface area contributed by atoms with Gasteiger partial charge in [-0.25, -0.2) is 8.42 Å². The van der Waals surface area contributed by atoms with Gasteiger partial charge in [0.25, 0.3) is 0 Å². The average Bonchev–Trinajstić information content (AvgIpc) is 3.07. The molecule has 26 heavy (non-hydrogen) atoms. The fourth-order valence-corrected chi connectivity index (χ4v) is 3.87. The van der Waals surface area contributed by atoms with Gasteiger partial charge >= 0.3 is 0 Å². The highest BCUT2D eigenvalue weighted by Crippen LogP contribution is 2.35. The number of halogens is 1. The Bertz CT molecular complexity index is 1000. The Kier molecular flexibility index (Phi) is 5.34. The number of oxazole rings is 1. The number of sulfone groups is 1. The van der Waals surface area contributed by atoms with Crippen LogP contribution in [0.4, 0.5) is 5.88 Å². The highest BCUT2D eigenvalue weighted by atomic mass is 35.5. The third kappa shape index (κ3) is 3.61. The fraction of sp³-hybridized carbons (Fsp3) is 0.211. The van der Waals surface area contributed by atoms with Crippen molar-refractivity contribution >= 4 is 27.3 Å². The molecule has 0 saturated carbocycles. The molecule has 1 atom stereocenters. The molecule has 136 valence electrons. The van der Waals surface area contributed by atoms with Crippen LogP contribution in [0.2, 0.25) is 5.02 Å². The first-order chi connectivity index (χ1) is 12.4. The molecule has 0 saturated heterocycles. The summed E-state index contributed by atoms with van der Waals surface area (Å²) in [5.74, 6) is 0.286. The zero-order chi connectivity index (χ0) is 18.7. The molecule has 0 radical (unpaired) electrons. The zero-order valence-corrected chi connectivity index (χ0v) is 16.0. The van der Waals surface area contributed by atoms with Crippen molar-refractivity contribution in [2.45, 2.75) is 36.2 Å². The van der Waals surface area contributed by atoms with Crippen LogP contribution in [-0.2, 0) is 9.84 Å². The molecule has 1 N–H and O–H groups in total. The van der Waals surface area contributed by atoms with Crippen molar-refractivity contribution in [3.05, 3.63) is 59.6 Å². The third-order valence-electron chi connectivity index (χ3n) is 4.00. The lowest BCUT2D eigenvalue weighted by molar-refractivity contribution is 0.566. The van der Waals surface area contributed by atoms with Crippen LogP contribution in [0, 0.1) is 0 Å². The Morgan fingerprint density at radius 2 is 1.77 bits per heavy atom. The molecule has 1 aromatic heterocycles. The van der Waals surface area contributed by atoms with Crippen molar-refractivity contribution in [2.75, 3.05) is 5.32 Å². The van der Waals surface area contributed by atoms with Crippen molar-refractivity contribution in [2.24, 2.45) is 0 Å². The van der Waals surface area contributed by atoms with E-state index in [1.54, 1.807) is 42.5 Å². The van der Waals surface area contributed by atoms with E-state index in [9.17, 15) is 8.42 Å². The van der Waals surface area contributed by atoms with E-state index < -0.39 is 9.84 Å². The molecule has 5 nitrogen and oxygen atoms in total. The van der Waals surface area contributed by atoms with Crippen molar-refractivity contribution < 1.29 is 12.8 Å². The van der Waals surface area contributed by atoms with Gasteiger partial charge in [0, 0.05) is 6.04 Å². The van der Waals surface area contributed by atoms with Gasteiger partial charge in [0.05, 0.1) is 15.5 Å². The second-order valence-corrected chi connectivity index (χ2v) is 8.18. The second kappa shape index (κ2) is 7.51. The van der Waals surface area contributed by atoms with E-state index in [0.29, 0.717) is 10.6 Å². The monoisotopic (exact) mass is 390 g/mol. The SMILES string of the molecule is CCC(C)Nc1oc(-c2ccccc2Cl)nc1S(=O)(=O)c1ccccc1. The number of hydrogen-bond donors (Lipinski definition) is 1. The summed E-state index contributed by atoms with van der Waals surface area (Å²) in [5.41, 5.74) is 0.538. The maximum absolute atomic E-state index is 13.1. The molecule has 7 heteroatoms. The molecular formula is C19H19ClN2O3S. The lowest BCUT2D eigenvalue weighted by atomic mass is 10.2. The van der Waals surface area contributed by atoms with Crippen LogP contribution in [-0.4, -0.2) is 19.4 Å². The number of rotatable bonds is 6. The van der Waals surface area contributed by atoms with E-state index in [1.165, 1.54) is 12.1 Å². The maximum Gasteiger partial charge on any atom is 0.234 e. The van der Waals surface area contributed by atoms with Gasteiger partial charge in [-0.1, -0.05) is 48.9 Å². The lowest BCUT2D eigenvalue weighted by Gasteiger charge is -2.11. The van der Waals surface area contributed by atoms with Crippen molar-refractivity contribution in [1.82, 2.24) is 4.98 Å². The smallest absolute Gasteiger partial charge is 0.234 e. The van der Waals surface area contributed by atoms with Crippen LogP contribution in [0.15, 0.2) is 68.9 Å². The molecule has 0 spiro atoms. The number of nitrogens with one attached hydrogen (secondary N) is 1. The van der Waals surface area contributed by atoms with Crippen molar-refractivity contribution in [1.29, 1.82) is 0 Å². The van der Waals surface area contributed by atoms with Crippen LogP contribution >= 0.6 is 11.6 Å². The van der Waals surface area contributed by atoms with Crippen molar-refractivity contribution in [3.8, 4) is 11.5 Å². The Morgan fingerprint density at radius 1 is 1.12 bits per heavy atom. The summed E-state index contributed by atoms with van der Waals surface area (Å²) in [4.78, 5) is 4.43. The predicted molar refractivity (Wildman–Crippen MR) is 102 cm³/mol. The van der Waals surface area contributed by atoms with Gasteiger partial charge in [-0.3, -0.25) is 0 Å². The first kappa shape index (κ1) is 18.5. The Hall–Kier alpha value is -2.31. The first-order valence-electron chi connectivity index (χ1n) is 8.26. The Balaban J connectivity index is 2.16. The Labute approximate surface area is 157 Å². The first-order valence-corrected chi connectivity index (χ1v) is 10.1. The van der Waals surface area contributed by atoms with Crippen LogP contribution < -0.4 is 5.32 Å². The number of benzene rings is 2. The van der Waals surface area contributed by atoms with Crippen molar-refractivity contribution in [3.63, 3.8) is 0 Å². The summed E-state index contributed by atoms with van der Waals surface area (Å²) < 4.78 is 31.9. The van der Waals surface area contributed by atoms with E-state index in [1.807, 2.05) is 13.8 Å². The summed E-state index contributed by atoms with van der Waals surface area (Å²) in [7, 11) is -3.83. The van der Waals surface area contributed by atoms with E-state index >= 15 is 0 Å². The van der Waals surface area contributed by atoms with E-state index in [4.69, 9.17) is 16.0 Å². The molecule has 1 unspecified atom stereocenters. The molecule has 0 amide bonds. The maximum atomic E-state index is 13.1. The lowest BCUT2D eigenvalue weighted by Crippen LogP contribution is -2.15. The Morgan fingerprint density at radius 3 is 2.42 bits per heavy atom. The zero-order valence-electron chi connectivity index (χ0n) is 14.4. The molecule has 0 fully saturated rings. The molecular weight excluding hydrogens is 372 g/mol. The van der Waals surface area contributed by atoms with Crippen LogP contribution in [0.5, 0.6) is 0 Å². The van der Waals surface area contributed by atoms with Crippen LogP contribution in [0.3, 0.4) is 0 Å². The fourth-order valence-electron chi connectivity index (χ4n) is 2.37. The molecule has 3 rings (SSSR count). The molecule has 0 aliphatic rings. The summed E-state index contributed by atoms with van der Waals surface area (Å²) in [6, 6.07) is 15.2. The standard InChI is InChI=1S/C19H19ClN2O3S/c1-3-13(2)21-18-19(26(23,24)14-9-5-4-6-10-14)22-17(25-18)15-11-7-8-12-16(15)20/h4-13,21H,3H2,1-2H3. The van der Waals surface area contributed by atoms with Gasteiger partial charge in [-0.2, -0.15) is 4.98 Å². The van der Waals surface area contributed by atoms with Crippen LogP contribution in [0.25, 0.3) is 11.5 Å². The van der Waals surface area contributed by atoms with E-state index in [0.717, 1.165) is 6.42 Å². The predicted octanol–water partition coefficient (Wildman–Crippen LogP) is 5.04. The quantitative estimate of drug-likeness (QED) is 0.638. The normalized spacial score (nSPS) is 12.7. The number of hydrogen-bond acceptors (Lipinski definition) is 5. The number of anilines is 1. The van der Waals surface area contributed by atoms with Gasteiger partial charge in [0.2, 0.25) is 26.6 Å². The topological polar surface area (TPSA) is 72.2 Å². The van der Waals surface area contributed by atoms with Gasteiger partial charge in [0.15, 0.2) is 0 Å². The van der Waals surface area contributed by atoms with Gasteiger partial charge in [0.1, 0.15) is 0 Å². The third-order valence-corrected chi connectivity index (χ3v) is 6.01. The average molecular weight is 391 g/mol. The second-order valence-electron chi connectivity index (χ2n) is 5.90. The minimum absolute atomic E-state index is 0.0202. The van der Waals surface area contributed by atoms with E-state index in [-0.39, 0.29) is 27.7 Å². The van der Waals surface area contributed by atoms with Gasteiger partial charge in [-0.15, -0.1) is 0 Å². The molecule has 0 aliphatic heterocycles. The number of nitrogens with zero attached hydrogens (tertiary/aromatic N) is 1.